The molecule has 4 rings (SSSR count). The molecule has 7 heteroatoms. The van der Waals surface area contributed by atoms with Crippen molar-refractivity contribution >= 4 is 0 Å². The minimum absolute atomic E-state index is 0.0784. The Hall–Kier alpha value is -2.67. The van der Waals surface area contributed by atoms with E-state index >= 15 is 0 Å². The van der Waals surface area contributed by atoms with Crippen LogP contribution < -0.4 is 0 Å². The fourth-order valence-corrected chi connectivity index (χ4v) is 2.96. The van der Waals surface area contributed by atoms with Gasteiger partial charge in [0.25, 0.3) is 0 Å². The molecule has 3 heterocycles. The minimum Gasteiger partial charge on any atom is -0.381 e. The van der Waals surface area contributed by atoms with E-state index < -0.39 is 11.6 Å². The van der Waals surface area contributed by atoms with Crippen LogP contribution in [0.2, 0.25) is 0 Å². The third kappa shape index (κ3) is 3.15. The molecule has 1 aliphatic heterocycles. The van der Waals surface area contributed by atoms with E-state index in [1.807, 2.05) is 0 Å². The molecular formula is C18H16F2N4O. The average molecular weight is 342 g/mol. The molecule has 5 nitrogen and oxygen atoms in total. The normalized spacial score (nSPS) is 15.4. The first-order chi connectivity index (χ1) is 12.2. The molecule has 1 aliphatic rings. The second-order valence-electron chi connectivity index (χ2n) is 5.93. The zero-order chi connectivity index (χ0) is 17.2. The van der Waals surface area contributed by atoms with Crippen molar-refractivity contribution in [1.82, 2.24) is 19.7 Å². The Morgan fingerprint density at radius 1 is 1.12 bits per heavy atom. The fourth-order valence-electron chi connectivity index (χ4n) is 2.96. The Labute approximate surface area is 143 Å². The lowest BCUT2D eigenvalue weighted by Gasteiger charge is -2.18. The van der Waals surface area contributed by atoms with E-state index in [1.54, 1.807) is 24.5 Å². The summed E-state index contributed by atoms with van der Waals surface area (Å²) in [4.78, 5) is 8.63. The first-order valence-corrected chi connectivity index (χ1v) is 8.13. The van der Waals surface area contributed by atoms with Crippen LogP contribution >= 0.6 is 0 Å². The zero-order valence-corrected chi connectivity index (χ0v) is 13.4. The maximum absolute atomic E-state index is 14.3. The van der Waals surface area contributed by atoms with Crippen molar-refractivity contribution in [2.45, 2.75) is 18.8 Å². The van der Waals surface area contributed by atoms with E-state index in [1.165, 1.54) is 4.68 Å². The molecule has 0 N–H and O–H groups in total. The van der Waals surface area contributed by atoms with Crippen LogP contribution in [0.3, 0.4) is 0 Å². The summed E-state index contributed by atoms with van der Waals surface area (Å²) in [6, 6.07) is 6.89. The summed E-state index contributed by atoms with van der Waals surface area (Å²) in [6.07, 6.45) is 4.87. The molecule has 128 valence electrons. The quantitative estimate of drug-likeness (QED) is 0.731. The molecule has 0 atom stereocenters. The summed E-state index contributed by atoms with van der Waals surface area (Å²) in [5.41, 5.74) is 0.724. The number of halogens is 2. The summed E-state index contributed by atoms with van der Waals surface area (Å²) < 4.78 is 34.9. The fraction of sp³-hybridized carbons (Fsp3) is 0.278. The summed E-state index contributed by atoms with van der Waals surface area (Å²) in [7, 11) is 0. The predicted octanol–water partition coefficient (Wildman–Crippen LogP) is 3.50. The number of ether oxygens (including phenoxy) is 1. The summed E-state index contributed by atoms with van der Waals surface area (Å²) in [5, 5.41) is 4.57. The van der Waals surface area contributed by atoms with E-state index in [4.69, 9.17) is 4.74 Å². The second kappa shape index (κ2) is 6.68. The molecule has 3 aromatic rings. The van der Waals surface area contributed by atoms with Crippen LogP contribution in [0, 0.1) is 11.6 Å². The van der Waals surface area contributed by atoms with Crippen LogP contribution in [0.25, 0.3) is 17.1 Å². The molecule has 25 heavy (non-hydrogen) atoms. The Morgan fingerprint density at radius 3 is 2.72 bits per heavy atom. The zero-order valence-electron chi connectivity index (χ0n) is 13.4. The smallest absolute Gasteiger partial charge is 0.166 e. The van der Waals surface area contributed by atoms with E-state index in [9.17, 15) is 8.78 Å². The van der Waals surface area contributed by atoms with Crippen molar-refractivity contribution < 1.29 is 13.5 Å². The molecule has 2 aromatic heterocycles. The number of nitrogens with zero attached hydrogens (tertiary/aromatic N) is 4. The highest BCUT2D eigenvalue weighted by molar-refractivity contribution is 5.59. The molecule has 0 amide bonds. The van der Waals surface area contributed by atoms with E-state index in [0.29, 0.717) is 24.7 Å². The second-order valence-corrected chi connectivity index (χ2v) is 5.93. The number of aromatic nitrogens is 4. The first kappa shape index (κ1) is 15.8. The average Bonchev–Trinajstić information content (AvgIpc) is 3.10. The van der Waals surface area contributed by atoms with Gasteiger partial charge in [0.05, 0.1) is 17.4 Å². The number of benzene rings is 1. The molecule has 0 spiro atoms. The Kier molecular flexibility index (Phi) is 4.23. The van der Waals surface area contributed by atoms with Crippen LogP contribution in [-0.2, 0) is 4.74 Å². The lowest BCUT2D eigenvalue weighted by atomic mass is 10.00. The van der Waals surface area contributed by atoms with Gasteiger partial charge >= 0.3 is 0 Å². The van der Waals surface area contributed by atoms with Gasteiger partial charge in [-0.3, -0.25) is 4.98 Å². The van der Waals surface area contributed by atoms with Gasteiger partial charge in [0.15, 0.2) is 11.6 Å². The van der Waals surface area contributed by atoms with Crippen molar-refractivity contribution in [3.63, 3.8) is 0 Å². The third-order valence-corrected chi connectivity index (χ3v) is 4.27. The molecular weight excluding hydrogens is 326 g/mol. The summed E-state index contributed by atoms with van der Waals surface area (Å²) in [6.45, 7) is 1.30. The summed E-state index contributed by atoms with van der Waals surface area (Å²) in [5.74, 6) is -0.0402. The number of rotatable bonds is 3. The van der Waals surface area contributed by atoms with Gasteiger partial charge in [-0.2, -0.15) is 5.10 Å². The molecule has 0 radical (unpaired) electrons. The number of pyridine rings is 1. The topological polar surface area (TPSA) is 52.8 Å². The lowest BCUT2D eigenvalue weighted by molar-refractivity contribution is 0.0836. The van der Waals surface area contributed by atoms with Gasteiger partial charge in [-0.1, -0.05) is 0 Å². The van der Waals surface area contributed by atoms with Crippen molar-refractivity contribution in [1.29, 1.82) is 0 Å². The van der Waals surface area contributed by atoms with Gasteiger partial charge < -0.3 is 4.74 Å². The standard InChI is InChI=1S/C18H16F2N4O/c19-13-3-4-16(20)15(10-13)18-22-17(12-5-8-25-9-6-12)23-24(18)14-2-1-7-21-11-14/h1-4,7,10-12H,5-6,8-9H2. The van der Waals surface area contributed by atoms with Crippen LogP contribution in [0.5, 0.6) is 0 Å². The lowest BCUT2D eigenvalue weighted by Crippen LogP contribution is -2.15. The van der Waals surface area contributed by atoms with Crippen LogP contribution in [0.4, 0.5) is 8.78 Å². The highest BCUT2D eigenvalue weighted by atomic mass is 19.1. The van der Waals surface area contributed by atoms with Crippen LogP contribution in [-0.4, -0.2) is 33.0 Å². The van der Waals surface area contributed by atoms with Gasteiger partial charge in [0, 0.05) is 25.3 Å². The predicted molar refractivity (Wildman–Crippen MR) is 87.3 cm³/mol. The summed E-state index contributed by atoms with van der Waals surface area (Å²) >= 11 is 0. The minimum atomic E-state index is -0.544. The number of hydrogen-bond donors (Lipinski definition) is 0. The molecule has 1 aromatic carbocycles. The molecule has 0 aliphatic carbocycles. The third-order valence-electron chi connectivity index (χ3n) is 4.27. The van der Waals surface area contributed by atoms with Crippen LogP contribution in [0.1, 0.15) is 24.6 Å². The highest BCUT2D eigenvalue weighted by Crippen LogP contribution is 2.30. The van der Waals surface area contributed by atoms with Gasteiger partial charge in [0.2, 0.25) is 0 Å². The van der Waals surface area contributed by atoms with Crippen molar-refractivity contribution in [3.05, 3.63) is 60.2 Å². The van der Waals surface area contributed by atoms with Gasteiger partial charge in [-0.05, 0) is 43.2 Å². The Balaban J connectivity index is 1.86. The molecule has 0 bridgehead atoms. The molecule has 1 fully saturated rings. The van der Waals surface area contributed by atoms with E-state index in [0.717, 1.165) is 31.0 Å². The van der Waals surface area contributed by atoms with Gasteiger partial charge in [-0.15, -0.1) is 0 Å². The highest BCUT2D eigenvalue weighted by Gasteiger charge is 2.24. The Bertz CT molecular complexity index is 876. The SMILES string of the molecule is Fc1ccc(F)c(-c2nc(C3CCOCC3)nn2-c2cccnc2)c1. The van der Waals surface area contributed by atoms with Crippen molar-refractivity contribution in [2.24, 2.45) is 0 Å². The Morgan fingerprint density at radius 2 is 1.96 bits per heavy atom. The van der Waals surface area contributed by atoms with Crippen molar-refractivity contribution in [2.75, 3.05) is 13.2 Å². The van der Waals surface area contributed by atoms with Gasteiger partial charge in [0.1, 0.15) is 11.6 Å². The molecule has 0 unspecified atom stereocenters. The monoisotopic (exact) mass is 342 g/mol. The number of hydrogen-bond acceptors (Lipinski definition) is 4. The van der Waals surface area contributed by atoms with Crippen molar-refractivity contribution in [3.8, 4) is 17.1 Å². The van der Waals surface area contributed by atoms with E-state index in [2.05, 4.69) is 15.1 Å². The maximum atomic E-state index is 14.3. The largest absolute Gasteiger partial charge is 0.381 e. The first-order valence-electron chi connectivity index (χ1n) is 8.13. The van der Waals surface area contributed by atoms with Gasteiger partial charge in [-0.25, -0.2) is 18.4 Å². The maximum Gasteiger partial charge on any atom is 0.166 e. The van der Waals surface area contributed by atoms with E-state index in [-0.39, 0.29) is 17.3 Å². The molecule has 0 saturated carbocycles. The van der Waals surface area contributed by atoms with Crippen LogP contribution in [0.15, 0.2) is 42.7 Å². The molecule has 1 saturated heterocycles.